The molecule has 0 aliphatic rings. The summed E-state index contributed by atoms with van der Waals surface area (Å²) in [5.41, 5.74) is 2.30. The minimum Gasteiger partial charge on any atom is -0.339 e. The molecule has 4 nitrogen and oxygen atoms in total. The van der Waals surface area contributed by atoms with Crippen LogP contribution in [-0.2, 0) is 11.2 Å². The Balaban J connectivity index is 1.68. The van der Waals surface area contributed by atoms with Crippen molar-refractivity contribution < 1.29 is 9.59 Å². The predicted molar refractivity (Wildman–Crippen MR) is 115 cm³/mol. The molecule has 0 aliphatic carbocycles. The Hall–Kier alpha value is -2.92. The van der Waals surface area contributed by atoms with Crippen molar-refractivity contribution in [1.29, 1.82) is 0 Å². The quantitative estimate of drug-likeness (QED) is 0.637. The molecule has 1 heterocycles. The summed E-state index contributed by atoms with van der Waals surface area (Å²) in [5, 5.41) is 2.92. The summed E-state index contributed by atoms with van der Waals surface area (Å²) in [6, 6.07) is 20.7. The van der Waals surface area contributed by atoms with Gasteiger partial charge in [0.15, 0.2) is 0 Å². The standard InChI is InChI=1S/C23H24N2O2S/c1-16-12-13-21(28-16)15-22(26)25(3)17(2)19-10-7-11-20(14-19)24-23(27)18-8-5-4-6-9-18/h4-14,17H,15H2,1-3H3,(H,24,27). The summed E-state index contributed by atoms with van der Waals surface area (Å²) in [6.07, 6.45) is 0.407. The highest BCUT2D eigenvalue weighted by atomic mass is 32.1. The van der Waals surface area contributed by atoms with Gasteiger partial charge in [-0.05, 0) is 55.8 Å². The number of hydrogen-bond acceptors (Lipinski definition) is 3. The maximum absolute atomic E-state index is 12.6. The van der Waals surface area contributed by atoms with Crippen molar-refractivity contribution in [2.45, 2.75) is 26.3 Å². The molecule has 5 heteroatoms. The van der Waals surface area contributed by atoms with Gasteiger partial charge in [0.05, 0.1) is 12.5 Å². The van der Waals surface area contributed by atoms with E-state index in [-0.39, 0.29) is 17.9 Å². The lowest BCUT2D eigenvalue weighted by molar-refractivity contribution is -0.131. The third kappa shape index (κ3) is 4.87. The van der Waals surface area contributed by atoms with Gasteiger partial charge in [0.1, 0.15) is 0 Å². The van der Waals surface area contributed by atoms with E-state index < -0.39 is 0 Å². The first-order chi connectivity index (χ1) is 13.4. The summed E-state index contributed by atoms with van der Waals surface area (Å²) < 4.78 is 0. The molecule has 1 unspecified atom stereocenters. The molecule has 0 spiro atoms. The van der Waals surface area contributed by atoms with E-state index in [0.29, 0.717) is 17.7 Å². The third-order valence-corrected chi connectivity index (χ3v) is 5.76. The van der Waals surface area contributed by atoms with Crippen molar-refractivity contribution in [2.75, 3.05) is 12.4 Å². The molecular formula is C23H24N2O2S. The van der Waals surface area contributed by atoms with E-state index in [2.05, 4.69) is 5.32 Å². The molecule has 0 saturated carbocycles. The zero-order chi connectivity index (χ0) is 20.1. The third-order valence-electron chi connectivity index (χ3n) is 4.76. The van der Waals surface area contributed by atoms with Crippen LogP contribution in [-0.4, -0.2) is 23.8 Å². The number of carbonyl (C=O) groups is 2. The number of nitrogens with zero attached hydrogens (tertiary/aromatic N) is 1. The van der Waals surface area contributed by atoms with E-state index in [1.807, 2.05) is 75.5 Å². The van der Waals surface area contributed by atoms with E-state index in [1.165, 1.54) is 4.88 Å². The minimum atomic E-state index is -0.150. The highest BCUT2D eigenvalue weighted by Crippen LogP contribution is 2.24. The lowest BCUT2D eigenvalue weighted by atomic mass is 10.1. The molecule has 0 bridgehead atoms. The van der Waals surface area contributed by atoms with Gasteiger partial charge in [0.2, 0.25) is 5.91 Å². The molecule has 3 aromatic rings. The molecule has 2 aromatic carbocycles. The van der Waals surface area contributed by atoms with Gasteiger partial charge in [0, 0.05) is 28.1 Å². The van der Waals surface area contributed by atoms with Crippen LogP contribution in [0.3, 0.4) is 0 Å². The molecule has 0 radical (unpaired) electrons. The van der Waals surface area contributed by atoms with Crippen LogP contribution < -0.4 is 5.32 Å². The van der Waals surface area contributed by atoms with Crippen molar-refractivity contribution in [2.24, 2.45) is 0 Å². The Morgan fingerprint density at radius 1 is 1.04 bits per heavy atom. The topological polar surface area (TPSA) is 49.4 Å². The maximum atomic E-state index is 12.6. The molecule has 3 rings (SSSR count). The van der Waals surface area contributed by atoms with Gasteiger partial charge >= 0.3 is 0 Å². The highest BCUT2D eigenvalue weighted by Gasteiger charge is 2.19. The normalized spacial score (nSPS) is 11.7. The maximum Gasteiger partial charge on any atom is 0.255 e. The SMILES string of the molecule is Cc1ccc(CC(=O)N(C)C(C)c2cccc(NC(=O)c3ccccc3)c2)s1. The molecule has 2 amide bonds. The molecule has 0 aliphatic heterocycles. The number of nitrogens with one attached hydrogen (secondary N) is 1. The zero-order valence-corrected chi connectivity index (χ0v) is 17.1. The van der Waals surface area contributed by atoms with E-state index in [1.54, 1.807) is 28.4 Å². The number of rotatable bonds is 6. The first-order valence-electron chi connectivity index (χ1n) is 9.21. The summed E-state index contributed by atoms with van der Waals surface area (Å²) >= 11 is 1.65. The van der Waals surface area contributed by atoms with Crippen LogP contribution in [0.1, 0.15) is 38.6 Å². The van der Waals surface area contributed by atoms with Crippen molar-refractivity contribution in [3.05, 3.63) is 87.6 Å². The van der Waals surface area contributed by atoms with Gasteiger partial charge in [-0.25, -0.2) is 0 Å². The smallest absolute Gasteiger partial charge is 0.255 e. The summed E-state index contributed by atoms with van der Waals surface area (Å²) in [6.45, 7) is 4.04. The van der Waals surface area contributed by atoms with Crippen molar-refractivity contribution in [3.63, 3.8) is 0 Å². The second-order valence-corrected chi connectivity index (χ2v) is 8.19. The van der Waals surface area contributed by atoms with Crippen LogP contribution in [0.25, 0.3) is 0 Å². The van der Waals surface area contributed by atoms with Crippen molar-refractivity contribution in [3.8, 4) is 0 Å². The number of carbonyl (C=O) groups excluding carboxylic acids is 2. The van der Waals surface area contributed by atoms with Crippen LogP contribution in [0.2, 0.25) is 0 Å². The van der Waals surface area contributed by atoms with Crippen LogP contribution in [0.15, 0.2) is 66.7 Å². The van der Waals surface area contributed by atoms with E-state index in [9.17, 15) is 9.59 Å². The Morgan fingerprint density at radius 3 is 2.46 bits per heavy atom. The molecule has 0 saturated heterocycles. The predicted octanol–water partition coefficient (Wildman–Crippen LogP) is 5.07. The molecule has 1 aromatic heterocycles. The van der Waals surface area contributed by atoms with E-state index >= 15 is 0 Å². The van der Waals surface area contributed by atoms with Crippen LogP contribution in [0.5, 0.6) is 0 Å². The van der Waals surface area contributed by atoms with Crippen LogP contribution >= 0.6 is 11.3 Å². The Labute approximate surface area is 169 Å². The number of aryl methyl sites for hydroxylation is 1. The number of anilines is 1. The average Bonchev–Trinajstić information content (AvgIpc) is 3.12. The van der Waals surface area contributed by atoms with Gasteiger partial charge in [-0.2, -0.15) is 0 Å². The first-order valence-corrected chi connectivity index (χ1v) is 10.0. The van der Waals surface area contributed by atoms with Gasteiger partial charge in [0.25, 0.3) is 5.91 Å². The summed E-state index contributed by atoms with van der Waals surface area (Å²) in [5.74, 6) is -0.0732. The minimum absolute atomic E-state index is 0.0769. The van der Waals surface area contributed by atoms with Gasteiger partial charge < -0.3 is 10.2 Å². The van der Waals surface area contributed by atoms with E-state index in [0.717, 1.165) is 10.4 Å². The van der Waals surface area contributed by atoms with E-state index in [4.69, 9.17) is 0 Å². The highest BCUT2D eigenvalue weighted by molar-refractivity contribution is 7.12. The Morgan fingerprint density at radius 2 is 1.79 bits per heavy atom. The number of benzene rings is 2. The first kappa shape index (κ1) is 19.8. The fourth-order valence-electron chi connectivity index (χ4n) is 2.96. The van der Waals surface area contributed by atoms with Crippen LogP contribution in [0, 0.1) is 6.92 Å². The Bertz CT molecular complexity index is 965. The fourth-order valence-corrected chi connectivity index (χ4v) is 3.84. The number of hydrogen-bond donors (Lipinski definition) is 1. The second-order valence-electron chi connectivity index (χ2n) is 6.82. The van der Waals surface area contributed by atoms with Gasteiger partial charge in [-0.1, -0.05) is 30.3 Å². The summed E-state index contributed by atoms with van der Waals surface area (Å²) in [7, 11) is 1.82. The largest absolute Gasteiger partial charge is 0.339 e. The fraction of sp³-hybridized carbons (Fsp3) is 0.217. The van der Waals surface area contributed by atoms with Crippen molar-refractivity contribution in [1.82, 2.24) is 4.90 Å². The monoisotopic (exact) mass is 392 g/mol. The zero-order valence-electron chi connectivity index (χ0n) is 16.3. The Kier molecular flexibility index (Phi) is 6.26. The van der Waals surface area contributed by atoms with Gasteiger partial charge in [-0.3, -0.25) is 9.59 Å². The number of likely N-dealkylation sites (N-methyl/N-ethyl adjacent to an activating group) is 1. The molecule has 1 N–H and O–H groups in total. The molecule has 144 valence electrons. The number of thiophene rings is 1. The van der Waals surface area contributed by atoms with Crippen molar-refractivity contribution >= 4 is 28.8 Å². The second kappa shape index (κ2) is 8.85. The molecule has 28 heavy (non-hydrogen) atoms. The molecule has 1 atom stereocenters. The molecule has 0 fully saturated rings. The molecular weight excluding hydrogens is 368 g/mol. The number of amides is 2. The summed E-state index contributed by atoms with van der Waals surface area (Å²) in [4.78, 5) is 29.1. The van der Waals surface area contributed by atoms with Crippen LogP contribution in [0.4, 0.5) is 5.69 Å². The average molecular weight is 393 g/mol. The van der Waals surface area contributed by atoms with Gasteiger partial charge in [-0.15, -0.1) is 11.3 Å². The lowest BCUT2D eigenvalue weighted by Gasteiger charge is -2.25. The lowest BCUT2D eigenvalue weighted by Crippen LogP contribution is -2.30.